The van der Waals surface area contributed by atoms with Crippen LogP contribution in [-0.4, -0.2) is 20.2 Å². The van der Waals surface area contributed by atoms with E-state index in [4.69, 9.17) is 11.6 Å². The number of hydrogen-bond donors (Lipinski definition) is 2. The number of anilines is 1. The minimum atomic E-state index is -4.04. The van der Waals surface area contributed by atoms with Gasteiger partial charge in [0.1, 0.15) is 0 Å². The van der Waals surface area contributed by atoms with Crippen molar-refractivity contribution in [2.45, 2.75) is 4.90 Å². The number of urea groups is 1. The van der Waals surface area contributed by atoms with Crippen LogP contribution in [0.25, 0.3) is 6.08 Å². The molecule has 0 aliphatic heterocycles. The molecule has 0 aromatic heterocycles. The van der Waals surface area contributed by atoms with Gasteiger partial charge in [-0.05, 0) is 60.2 Å². The summed E-state index contributed by atoms with van der Waals surface area (Å²) in [5.74, 6) is -0.194. The van der Waals surface area contributed by atoms with Gasteiger partial charge in [0.05, 0.1) is 4.90 Å². The molecule has 0 aliphatic carbocycles. The van der Waals surface area contributed by atoms with Gasteiger partial charge in [0, 0.05) is 16.3 Å². The molecule has 0 heterocycles. The fourth-order valence-electron chi connectivity index (χ4n) is 2.50. The molecule has 8 heteroatoms. The maximum atomic E-state index is 12.2. The van der Waals surface area contributed by atoms with Gasteiger partial charge in [-0.3, -0.25) is 4.79 Å². The predicted octanol–water partition coefficient (Wildman–Crippen LogP) is 4.75. The van der Waals surface area contributed by atoms with Crippen molar-refractivity contribution in [1.82, 2.24) is 4.72 Å². The first-order chi connectivity index (χ1) is 14.3. The van der Waals surface area contributed by atoms with Gasteiger partial charge < -0.3 is 5.32 Å². The fraction of sp³-hybridized carbons (Fsp3) is 0. The van der Waals surface area contributed by atoms with Gasteiger partial charge in [-0.15, -0.1) is 0 Å². The van der Waals surface area contributed by atoms with E-state index in [2.05, 4.69) is 5.32 Å². The Bertz CT molecular complexity index is 1170. The summed E-state index contributed by atoms with van der Waals surface area (Å²) in [5, 5.41) is 2.80. The van der Waals surface area contributed by atoms with Crippen LogP contribution in [-0.2, 0) is 10.0 Å². The molecular formula is C22H17ClN2O4S. The van der Waals surface area contributed by atoms with E-state index in [9.17, 15) is 18.0 Å². The molecule has 3 rings (SSSR count). The van der Waals surface area contributed by atoms with Crippen molar-refractivity contribution in [3.63, 3.8) is 0 Å². The number of carbonyl (C=O) groups excluding carboxylic acids is 2. The Labute approximate surface area is 179 Å². The zero-order chi connectivity index (χ0) is 21.6. The van der Waals surface area contributed by atoms with Crippen LogP contribution in [0.2, 0.25) is 5.02 Å². The van der Waals surface area contributed by atoms with Crippen molar-refractivity contribution in [1.29, 1.82) is 0 Å². The number of benzene rings is 3. The second-order valence-corrected chi connectivity index (χ2v) is 8.32. The zero-order valence-electron chi connectivity index (χ0n) is 15.6. The molecule has 152 valence electrons. The summed E-state index contributed by atoms with van der Waals surface area (Å²) >= 11 is 5.74. The number of halogens is 1. The minimum absolute atomic E-state index is 0.0896. The molecule has 3 aromatic carbocycles. The third-order valence-corrected chi connectivity index (χ3v) is 5.60. The molecule has 0 saturated heterocycles. The van der Waals surface area contributed by atoms with Gasteiger partial charge in [-0.25, -0.2) is 17.9 Å². The van der Waals surface area contributed by atoms with Crippen LogP contribution in [0.4, 0.5) is 10.5 Å². The second kappa shape index (κ2) is 9.39. The number of carbonyl (C=O) groups is 2. The monoisotopic (exact) mass is 440 g/mol. The first kappa shape index (κ1) is 21.3. The molecule has 30 heavy (non-hydrogen) atoms. The molecule has 2 N–H and O–H groups in total. The maximum Gasteiger partial charge on any atom is 0.333 e. The lowest BCUT2D eigenvalue weighted by atomic mass is 10.1. The highest BCUT2D eigenvalue weighted by molar-refractivity contribution is 7.90. The average molecular weight is 441 g/mol. The van der Waals surface area contributed by atoms with Crippen LogP contribution in [0.1, 0.15) is 15.9 Å². The lowest BCUT2D eigenvalue weighted by Gasteiger charge is -2.09. The summed E-state index contributed by atoms with van der Waals surface area (Å²) in [7, 11) is -4.04. The van der Waals surface area contributed by atoms with Crippen molar-refractivity contribution < 1.29 is 18.0 Å². The number of nitrogens with one attached hydrogen (secondary N) is 2. The van der Waals surface area contributed by atoms with Crippen molar-refractivity contribution in [2.75, 3.05) is 5.32 Å². The fourth-order valence-corrected chi connectivity index (χ4v) is 3.53. The maximum absolute atomic E-state index is 12.2. The first-order valence-corrected chi connectivity index (χ1v) is 10.7. The van der Waals surface area contributed by atoms with E-state index in [0.29, 0.717) is 16.3 Å². The van der Waals surface area contributed by atoms with Crippen LogP contribution in [0.5, 0.6) is 0 Å². The number of allylic oxidation sites excluding steroid dienone is 1. The van der Waals surface area contributed by atoms with Crippen LogP contribution in [0.15, 0.2) is 89.8 Å². The predicted molar refractivity (Wildman–Crippen MR) is 117 cm³/mol. The lowest BCUT2D eigenvalue weighted by Crippen LogP contribution is -2.34. The molecule has 3 aromatic rings. The third kappa shape index (κ3) is 5.79. The SMILES string of the molecule is O=C(Nc1ccc(C(=O)/C=C/c2ccccc2)cc1)NS(=O)(=O)c1ccc(Cl)cc1. The normalized spacial score (nSPS) is 11.2. The smallest absolute Gasteiger partial charge is 0.307 e. The topological polar surface area (TPSA) is 92.3 Å². The summed E-state index contributed by atoms with van der Waals surface area (Å²) in [6.07, 6.45) is 3.17. The molecule has 0 fully saturated rings. The standard InChI is InChI=1S/C22H17ClN2O4S/c23-18-9-13-20(14-10-18)30(28,29)25-22(27)24-19-11-7-17(8-12-19)21(26)15-6-16-4-2-1-3-5-16/h1-15H,(H2,24,25,27)/b15-6+. The summed E-state index contributed by atoms with van der Waals surface area (Å²) in [6.45, 7) is 0. The molecule has 0 spiro atoms. The van der Waals surface area contributed by atoms with E-state index in [1.807, 2.05) is 35.1 Å². The highest BCUT2D eigenvalue weighted by atomic mass is 35.5. The van der Waals surface area contributed by atoms with E-state index in [0.717, 1.165) is 5.56 Å². The average Bonchev–Trinajstić information content (AvgIpc) is 2.73. The Morgan fingerprint density at radius 2 is 1.47 bits per heavy atom. The van der Waals surface area contributed by atoms with Crippen LogP contribution < -0.4 is 10.0 Å². The zero-order valence-corrected chi connectivity index (χ0v) is 17.2. The molecule has 2 amide bonds. The van der Waals surface area contributed by atoms with Gasteiger partial charge in [-0.1, -0.05) is 48.0 Å². The molecule has 0 aliphatic rings. The molecular weight excluding hydrogens is 424 g/mol. The van der Waals surface area contributed by atoms with Gasteiger partial charge in [0.2, 0.25) is 0 Å². The number of sulfonamides is 1. The Hall–Kier alpha value is -3.42. The van der Waals surface area contributed by atoms with Crippen molar-refractivity contribution in [3.8, 4) is 0 Å². The van der Waals surface area contributed by atoms with Crippen molar-refractivity contribution in [2.24, 2.45) is 0 Å². The van der Waals surface area contributed by atoms with E-state index >= 15 is 0 Å². The number of ketones is 1. The van der Waals surface area contributed by atoms with Gasteiger partial charge in [0.25, 0.3) is 10.0 Å². The van der Waals surface area contributed by atoms with E-state index in [1.165, 1.54) is 42.5 Å². The van der Waals surface area contributed by atoms with E-state index < -0.39 is 16.1 Å². The van der Waals surface area contributed by atoms with Gasteiger partial charge in [0.15, 0.2) is 5.78 Å². The molecule has 0 radical (unpaired) electrons. The van der Waals surface area contributed by atoms with Gasteiger partial charge in [-0.2, -0.15) is 0 Å². The Morgan fingerprint density at radius 1 is 0.833 bits per heavy atom. The van der Waals surface area contributed by atoms with E-state index in [1.54, 1.807) is 18.2 Å². The molecule has 0 saturated carbocycles. The van der Waals surface area contributed by atoms with Crippen LogP contribution in [0.3, 0.4) is 0 Å². The summed E-state index contributed by atoms with van der Waals surface area (Å²) < 4.78 is 26.3. The summed E-state index contributed by atoms with van der Waals surface area (Å²) in [6, 6.07) is 20.0. The quantitative estimate of drug-likeness (QED) is 0.427. The largest absolute Gasteiger partial charge is 0.333 e. The van der Waals surface area contributed by atoms with Crippen molar-refractivity contribution >= 4 is 45.2 Å². The summed E-state index contributed by atoms with van der Waals surface area (Å²) in [4.78, 5) is 24.2. The van der Waals surface area contributed by atoms with E-state index in [-0.39, 0.29) is 10.7 Å². The molecule has 0 unspecified atom stereocenters. The van der Waals surface area contributed by atoms with Gasteiger partial charge >= 0.3 is 6.03 Å². The lowest BCUT2D eigenvalue weighted by molar-refractivity contribution is 0.104. The Kier molecular flexibility index (Phi) is 6.66. The first-order valence-electron chi connectivity index (χ1n) is 8.80. The minimum Gasteiger partial charge on any atom is -0.307 e. The Balaban J connectivity index is 1.61. The van der Waals surface area contributed by atoms with Crippen LogP contribution >= 0.6 is 11.6 Å². The number of amides is 2. The van der Waals surface area contributed by atoms with Crippen LogP contribution in [0, 0.1) is 0 Å². The molecule has 6 nitrogen and oxygen atoms in total. The third-order valence-electron chi connectivity index (χ3n) is 4.01. The number of hydrogen-bond acceptors (Lipinski definition) is 4. The molecule has 0 bridgehead atoms. The summed E-state index contributed by atoms with van der Waals surface area (Å²) in [5.41, 5.74) is 1.67. The highest BCUT2D eigenvalue weighted by Crippen LogP contribution is 2.15. The Morgan fingerprint density at radius 3 is 2.10 bits per heavy atom. The molecule has 0 atom stereocenters. The number of rotatable bonds is 6. The van der Waals surface area contributed by atoms with Crippen molar-refractivity contribution in [3.05, 3.63) is 101 Å². The highest BCUT2D eigenvalue weighted by Gasteiger charge is 2.17. The second-order valence-electron chi connectivity index (χ2n) is 6.20.